The molecule has 0 aromatic carbocycles. The van der Waals surface area contributed by atoms with Crippen molar-refractivity contribution in [3.05, 3.63) is 0 Å². The number of aliphatic carboxylic acids is 1. The molecule has 0 spiro atoms. The molecule has 0 saturated carbocycles. The maximum Gasteiger partial charge on any atom is 0.403 e. The van der Waals surface area contributed by atoms with Crippen molar-refractivity contribution in [2.75, 3.05) is 13.2 Å². The minimum atomic E-state index is -0.738. The SMILES string of the molecule is CCOC(=O)Cl.NCCCCC(=O)O. The molecule has 0 amide bonds. The molecule has 14 heavy (non-hydrogen) atoms. The second-order valence-electron chi connectivity index (χ2n) is 2.31. The summed E-state index contributed by atoms with van der Waals surface area (Å²) in [6, 6.07) is 0. The lowest BCUT2D eigenvalue weighted by molar-refractivity contribution is -0.137. The molecule has 0 saturated heterocycles. The summed E-state index contributed by atoms with van der Waals surface area (Å²) in [6.45, 7) is 2.63. The van der Waals surface area contributed by atoms with Crippen molar-refractivity contribution in [1.82, 2.24) is 0 Å². The van der Waals surface area contributed by atoms with Gasteiger partial charge in [0.15, 0.2) is 0 Å². The number of hydrogen-bond donors (Lipinski definition) is 2. The molecule has 0 aliphatic carbocycles. The molecule has 5 nitrogen and oxygen atoms in total. The lowest BCUT2D eigenvalue weighted by atomic mass is 10.2. The van der Waals surface area contributed by atoms with Crippen LogP contribution >= 0.6 is 11.6 Å². The van der Waals surface area contributed by atoms with Crippen LogP contribution in [-0.2, 0) is 9.53 Å². The van der Waals surface area contributed by atoms with Crippen LogP contribution in [0.3, 0.4) is 0 Å². The van der Waals surface area contributed by atoms with E-state index in [1.165, 1.54) is 0 Å². The number of carbonyl (C=O) groups excluding carboxylic acids is 1. The van der Waals surface area contributed by atoms with Gasteiger partial charge in [-0.1, -0.05) is 0 Å². The predicted molar refractivity (Wildman–Crippen MR) is 53.4 cm³/mol. The van der Waals surface area contributed by atoms with E-state index < -0.39 is 11.4 Å². The third-order valence-corrected chi connectivity index (χ3v) is 1.21. The fraction of sp³-hybridized carbons (Fsp3) is 0.750. The second-order valence-corrected chi connectivity index (χ2v) is 2.62. The number of carboxylic acid groups (broad SMARTS) is 1. The van der Waals surface area contributed by atoms with Gasteiger partial charge in [0.25, 0.3) is 0 Å². The number of hydrogen-bond acceptors (Lipinski definition) is 4. The zero-order valence-electron chi connectivity index (χ0n) is 8.16. The largest absolute Gasteiger partial charge is 0.481 e. The number of rotatable bonds is 5. The number of carbonyl (C=O) groups is 2. The second kappa shape index (κ2) is 12.2. The number of unbranched alkanes of at least 4 members (excludes halogenated alkanes) is 1. The molecule has 3 N–H and O–H groups in total. The minimum Gasteiger partial charge on any atom is -0.481 e. The number of halogens is 1. The van der Waals surface area contributed by atoms with Gasteiger partial charge in [0, 0.05) is 18.0 Å². The van der Waals surface area contributed by atoms with Crippen molar-refractivity contribution < 1.29 is 19.4 Å². The third kappa shape index (κ3) is 22.5. The van der Waals surface area contributed by atoms with Gasteiger partial charge in [0.2, 0.25) is 0 Å². The van der Waals surface area contributed by atoms with Crippen molar-refractivity contribution in [2.24, 2.45) is 5.73 Å². The molecule has 0 heterocycles. The van der Waals surface area contributed by atoms with Crippen LogP contribution in [-0.4, -0.2) is 29.7 Å². The quantitative estimate of drug-likeness (QED) is 0.548. The normalized spacial score (nSPS) is 8.50. The van der Waals surface area contributed by atoms with Crippen LogP contribution in [0.5, 0.6) is 0 Å². The Bertz CT molecular complexity index is 163. The van der Waals surface area contributed by atoms with E-state index >= 15 is 0 Å². The Morgan fingerprint density at radius 3 is 2.21 bits per heavy atom. The summed E-state index contributed by atoms with van der Waals surface area (Å²) in [7, 11) is 0. The van der Waals surface area contributed by atoms with Gasteiger partial charge in [-0.2, -0.15) is 0 Å². The lowest BCUT2D eigenvalue weighted by Gasteiger charge is -1.90. The van der Waals surface area contributed by atoms with Crippen LogP contribution < -0.4 is 5.73 Å². The first-order chi connectivity index (χ1) is 6.54. The van der Waals surface area contributed by atoms with Gasteiger partial charge >= 0.3 is 11.4 Å². The van der Waals surface area contributed by atoms with Crippen LogP contribution in [0.15, 0.2) is 0 Å². The fourth-order valence-electron chi connectivity index (χ4n) is 0.534. The van der Waals surface area contributed by atoms with E-state index in [2.05, 4.69) is 4.74 Å². The Hall–Kier alpha value is -0.810. The highest BCUT2D eigenvalue weighted by atomic mass is 35.5. The highest BCUT2D eigenvalue weighted by Crippen LogP contribution is 1.91. The van der Waals surface area contributed by atoms with E-state index in [-0.39, 0.29) is 6.42 Å². The van der Waals surface area contributed by atoms with Crippen LogP contribution in [0.4, 0.5) is 4.79 Å². The molecule has 0 rings (SSSR count). The first kappa shape index (κ1) is 15.7. The molecule has 84 valence electrons. The van der Waals surface area contributed by atoms with Gasteiger partial charge in [-0.05, 0) is 26.3 Å². The summed E-state index contributed by atoms with van der Waals surface area (Å²) in [5.74, 6) is -0.738. The van der Waals surface area contributed by atoms with Gasteiger partial charge in [0.05, 0.1) is 6.61 Å². The Morgan fingerprint density at radius 1 is 1.43 bits per heavy atom. The van der Waals surface area contributed by atoms with E-state index in [4.69, 9.17) is 22.4 Å². The average molecular weight is 226 g/mol. The molecular weight excluding hydrogens is 210 g/mol. The first-order valence-electron chi connectivity index (χ1n) is 4.28. The van der Waals surface area contributed by atoms with E-state index in [0.29, 0.717) is 19.6 Å². The lowest BCUT2D eigenvalue weighted by Crippen LogP contribution is -2.00. The number of carboxylic acids is 1. The number of nitrogens with two attached hydrogens (primary N) is 1. The maximum absolute atomic E-state index is 9.83. The van der Waals surface area contributed by atoms with Crippen molar-refractivity contribution in [3.63, 3.8) is 0 Å². The summed E-state index contributed by atoms with van der Waals surface area (Å²) in [4.78, 5) is 19.4. The summed E-state index contributed by atoms with van der Waals surface area (Å²) in [6.07, 6.45) is 1.76. The van der Waals surface area contributed by atoms with Crippen molar-refractivity contribution in [3.8, 4) is 0 Å². The first-order valence-corrected chi connectivity index (χ1v) is 4.66. The summed E-state index contributed by atoms with van der Waals surface area (Å²) < 4.78 is 4.17. The monoisotopic (exact) mass is 225 g/mol. The molecule has 0 aliphatic heterocycles. The van der Waals surface area contributed by atoms with Gasteiger partial charge in [-0.3, -0.25) is 4.79 Å². The van der Waals surface area contributed by atoms with Crippen LogP contribution in [0.2, 0.25) is 0 Å². The van der Waals surface area contributed by atoms with Crippen LogP contribution in [0, 0.1) is 0 Å². The van der Waals surface area contributed by atoms with Crippen LogP contribution in [0.25, 0.3) is 0 Å². The summed E-state index contributed by atoms with van der Waals surface area (Å²) in [5, 5.41) is 8.10. The van der Waals surface area contributed by atoms with Crippen molar-refractivity contribution in [1.29, 1.82) is 0 Å². The Kier molecular flexibility index (Phi) is 13.6. The highest BCUT2D eigenvalue weighted by molar-refractivity contribution is 6.61. The maximum atomic E-state index is 9.83. The molecule has 0 aromatic rings. The van der Waals surface area contributed by atoms with E-state index in [1.54, 1.807) is 6.92 Å². The Morgan fingerprint density at radius 2 is 2.00 bits per heavy atom. The van der Waals surface area contributed by atoms with E-state index in [9.17, 15) is 9.59 Å². The van der Waals surface area contributed by atoms with Gasteiger partial charge in [-0.15, -0.1) is 0 Å². The predicted octanol–water partition coefficient (Wildman–Crippen LogP) is 1.58. The van der Waals surface area contributed by atoms with Crippen molar-refractivity contribution >= 4 is 23.0 Å². The molecule has 0 bridgehead atoms. The van der Waals surface area contributed by atoms with Crippen molar-refractivity contribution in [2.45, 2.75) is 26.2 Å². The van der Waals surface area contributed by atoms with Gasteiger partial charge in [-0.25, -0.2) is 4.79 Å². The molecular formula is C8H16ClNO4. The highest BCUT2D eigenvalue weighted by Gasteiger charge is 1.92. The smallest absolute Gasteiger partial charge is 0.403 e. The Balaban J connectivity index is 0. The summed E-state index contributed by atoms with van der Waals surface area (Å²) in [5.41, 5.74) is 4.38. The molecule has 0 aromatic heterocycles. The minimum absolute atomic E-state index is 0.247. The standard InChI is InChI=1S/C5H11NO2.C3H5ClO2/c6-4-2-1-3-5(7)8;1-2-6-3(4)5/h1-4,6H2,(H,7,8);2H2,1H3. The molecule has 0 aliphatic rings. The number of ether oxygens (including phenoxy) is 1. The molecule has 0 fully saturated rings. The Labute approximate surface area is 88.2 Å². The van der Waals surface area contributed by atoms with Gasteiger partial charge in [0.1, 0.15) is 0 Å². The van der Waals surface area contributed by atoms with Gasteiger partial charge < -0.3 is 15.6 Å². The summed E-state index contributed by atoms with van der Waals surface area (Å²) >= 11 is 4.72. The molecule has 6 heteroatoms. The van der Waals surface area contributed by atoms with E-state index in [0.717, 1.165) is 6.42 Å². The van der Waals surface area contributed by atoms with E-state index in [1.807, 2.05) is 0 Å². The fourth-order valence-corrected chi connectivity index (χ4v) is 0.643. The average Bonchev–Trinajstić information content (AvgIpc) is 2.05. The van der Waals surface area contributed by atoms with Crippen LogP contribution in [0.1, 0.15) is 26.2 Å². The zero-order valence-corrected chi connectivity index (χ0v) is 8.92. The molecule has 0 radical (unpaired) electrons. The zero-order chi connectivity index (χ0) is 11.4. The topological polar surface area (TPSA) is 89.6 Å². The molecule has 0 atom stereocenters. The molecule has 0 unspecified atom stereocenters. The third-order valence-electron chi connectivity index (χ3n) is 1.10.